The lowest BCUT2D eigenvalue weighted by Gasteiger charge is -2.31. The van der Waals surface area contributed by atoms with Gasteiger partial charge in [0.1, 0.15) is 24.2 Å². The number of aliphatic hydroxyl groups excluding tert-OH is 2. The lowest BCUT2D eigenvalue weighted by Crippen LogP contribution is -2.61. The second-order valence-corrected chi connectivity index (χ2v) is 9.36. The minimum atomic E-state index is -1.42. The monoisotopic (exact) mass is 517 g/mol. The fraction of sp³-hybridized carbons (Fsp3) is 0.560. The highest BCUT2D eigenvalue weighted by Crippen LogP contribution is 2.21. The molecule has 0 spiro atoms. The Morgan fingerprint density at radius 1 is 0.946 bits per heavy atom. The predicted molar refractivity (Wildman–Crippen MR) is 132 cm³/mol. The Bertz CT molecular complexity index is 1000. The van der Waals surface area contributed by atoms with Crippen molar-refractivity contribution in [1.29, 1.82) is 0 Å². The van der Waals surface area contributed by atoms with Crippen LogP contribution in [0, 0.1) is 0 Å². The van der Waals surface area contributed by atoms with Gasteiger partial charge in [0, 0.05) is 6.54 Å². The fourth-order valence-corrected chi connectivity index (χ4v) is 4.60. The average molecular weight is 518 g/mol. The Labute approximate surface area is 215 Å². The highest BCUT2D eigenvalue weighted by atomic mass is 16.3. The number of rotatable bonds is 4. The molecule has 12 heteroatoms. The maximum Gasteiger partial charge on any atom is 0.245 e. The summed E-state index contributed by atoms with van der Waals surface area (Å²) >= 11 is 0. The zero-order valence-electron chi connectivity index (χ0n) is 21.0. The first kappa shape index (κ1) is 28.1. The molecule has 2 fully saturated rings. The smallest absolute Gasteiger partial charge is 0.245 e. The molecule has 1 aromatic rings. The van der Waals surface area contributed by atoms with E-state index in [0.717, 1.165) is 0 Å². The van der Waals surface area contributed by atoms with Crippen molar-refractivity contribution < 1.29 is 34.2 Å². The summed E-state index contributed by atoms with van der Waals surface area (Å²) in [4.78, 5) is 66.7. The molecule has 0 bridgehead atoms. The van der Waals surface area contributed by atoms with E-state index < -0.39 is 72.5 Å². The lowest BCUT2D eigenvalue weighted by molar-refractivity contribution is -0.143. The SMILES string of the molecule is CC[C@@H]1NC(=O)C[C@H](c2ccccc2)NC(=O)[C@H](CO)NC(=O)[C@H](C(C)O)NC(=O)[C@@H]2CCCN2C1=O. The van der Waals surface area contributed by atoms with Crippen LogP contribution < -0.4 is 21.3 Å². The van der Waals surface area contributed by atoms with E-state index in [4.69, 9.17) is 0 Å². The van der Waals surface area contributed by atoms with Gasteiger partial charge in [-0.25, -0.2) is 0 Å². The van der Waals surface area contributed by atoms with Crippen LogP contribution in [-0.4, -0.2) is 88.1 Å². The van der Waals surface area contributed by atoms with Gasteiger partial charge in [0.05, 0.1) is 25.2 Å². The Balaban J connectivity index is 1.97. The van der Waals surface area contributed by atoms with Crippen molar-refractivity contribution in [3.8, 4) is 0 Å². The highest BCUT2D eigenvalue weighted by Gasteiger charge is 2.40. The lowest BCUT2D eigenvalue weighted by atomic mass is 10.0. The zero-order chi connectivity index (χ0) is 27.1. The molecule has 0 saturated carbocycles. The van der Waals surface area contributed by atoms with Gasteiger partial charge in [-0.3, -0.25) is 24.0 Å². The van der Waals surface area contributed by atoms with Crippen LogP contribution in [0.2, 0.25) is 0 Å². The van der Waals surface area contributed by atoms with Crippen LogP contribution in [0.15, 0.2) is 30.3 Å². The summed E-state index contributed by atoms with van der Waals surface area (Å²) in [6.45, 7) is 2.60. The minimum absolute atomic E-state index is 0.203. The largest absolute Gasteiger partial charge is 0.394 e. The fourth-order valence-electron chi connectivity index (χ4n) is 4.60. The number of fused-ring (bicyclic) bond motifs is 1. The molecule has 2 aliphatic rings. The third-order valence-electron chi connectivity index (χ3n) is 6.67. The Kier molecular flexibility index (Phi) is 9.59. The molecular formula is C25H35N5O7. The summed E-state index contributed by atoms with van der Waals surface area (Å²) in [5.41, 5.74) is 0.614. The van der Waals surface area contributed by atoms with Crippen LogP contribution in [0.25, 0.3) is 0 Å². The van der Waals surface area contributed by atoms with Crippen molar-refractivity contribution in [1.82, 2.24) is 26.2 Å². The summed E-state index contributed by atoms with van der Waals surface area (Å²) in [5, 5.41) is 30.3. The van der Waals surface area contributed by atoms with Gasteiger partial charge in [0.2, 0.25) is 29.5 Å². The molecule has 202 valence electrons. The van der Waals surface area contributed by atoms with Gasteiger partial charge in [0.25, 0.3) is 0 Å². The standard InChI is InChI=1S/C25H35N5O7/c1-3-16-25(37)30-11-7-10-19(30)23(35)29-21(14(2)32)24(36)28-18(13-31)22(34)27-17(12-20(33)26-16)15-8-5-4-6-9-15/h4-6,8-9,14,16-19,21,31-32H,3,7,10-13H2,1-2H3,(H,26,33)(H,27,34)(H,28,36)(H,29,35)/t14?,16-,17+,18-,19-,21-/m0/s1. The van der Waals surface area contributed by atoms with Gasteiger partial charge in [0.15, 0.2) is 0 Å². The second kappa shape index (κ2) is 12.6. The molecule has 1 unspecified atom stereocenters. The van der Waals surface area contributed by atoms with Crippen LogP contribution in [0.4, 0.5) is 0 Å². The number of nitrogens with one attached hydrogen (secondary N) is 4. The topological polar surface area (TPSA) is 177 Å². The van der Waals surface area contributed by atoms with E-state index in [0.29, 0.717) is 24.9 Å². The van der Waals surface area contributed by atoms with Gasteiger partial charge < -0.3 is 36.4 Å². The van der Waals surface area contributed by atoms with Crippen molar-refractivity contribution in [2.45, 2.75) is 75.8 Å². The van der Waals surface area contributed by atoms with Gasteiger partial charge >= 0.3 is 0 Å². The van der Waals surface area contributed by atoms with Crippen molar-refractivity contribution in [3.05, 3.63) is 35.9 Å². The Hall–Kier alpha value is -3.51. The normalized spacial score (nSPS) is 29.0. The molecule has 6 N–H and O–H groups in total. The maximum absolute atomic E-state index is 13.3. The molecule has 2 saturated heterocycles. The maximum atomic E-state index is 13.3. The molecule has 1 aromatic carbocycles. The van der Waals surface area contributed by atoms with Gasteiger partial charge in [-0.15, -0.1) is 0 Å². The Morgan fingerprint density at radius 2 is 1.65 bits per heavy atom. The molecule has 37 heavy (non-hydrogen) atoms. The highest BCUT2D eigenvalue weighted by molar-refractivity contribution is 5.96. The summed E-state index contributed by atoms with van der Waals surface area (Å²) in [6, 6.07) is 3.30. The predicted octanol–water partition coefficient (Wildman–Crippen LogP) is -1.52. The molecule has 6 atom stereocenters. The van der Waals surface area contributed by atoms with Crippen LogP contribution in [-0.2, 0) is 24.0 Å². The van der Waals surface area contributed by atoms with Crippen molar-refractivity contribution in [2.75, 3.05) is 13.2 Å². The van der Waals surface area contributed by atoms with E-state index >= 15 is 0 Å². The molecule has 0 radical (unpaired) electrons. The van der Waals surface area contributed by atoms with E-state index in [-0.39, 0.29) is 12.8 Å². The minimum Gasteiger partial charge on any atom is -0.394 e. The van der Waals surface area contributed by atoms with E-state index in [1.54, 1.807) is 37.3 Å². The molecule has 2 heterocycles. The number of carbonyl (C=O) groups is 5. The summed E-state index contributed by atoms with van der Waals surface area (Å²) < 4.78 is 0. The van der Waals surface area contributed by atoms with Crippen molar-refractivity contribution in [3.63, 3.8) is 0 Å². The van der Waals surface area contributed by atoms with Crippen molar-refractivity contribution >= 4 is 29.5 Å². The molecule has 0 aromatic heterocycles. The van der Waals surface area contributed by atoms with Crippen molar-refractivity contribution in [2.24, 2.45) is 0 Å². The first-order valence-corrected chi connectivity index (χ1v) is 12.5. The number of nitrogens with zero attached hydrogens (tertiary/aromatic N) is 1. The van der Waals surface area contributed by atoms with Crippen LogP contribution in [0.1, 0.15) is 51.1 Å². The second-order valence-electron chi connectivity index (χ2n) is 9.36. The number of hydrogen-bond acceptors (Lipinski definition) is 7. The molecule has 0 aliphatic carbocycles. The third-order valence-corrected chi connectivity index (χ3v) is 6.67. The quantitative estimate of drug-likeness (QED) is 0.281. The molecule has 2 aliphatic heterocycles. The molecule has 3 rings (SSSR count). The summed E-state index contributed by atoms with van der Waals surface area (Å²) in [7, 11) is 0. The third kappa shape index (κ3) is 6.83. The zero-order valence-corrected chi connectivity index (χ0v) is 21.0. The van der Waals surface area contributed by atoms with E-state index in [1.165, 1.54) is 11.8 Å². The van der Waals surface area contributed by atoms with Crippen LogP contribution >= 0.6 is 0 Å². The summed E-state index contributed by atoms with van der Waals surface area (Å²) in [6.07, 6.45) is -0.334. The first-order chi connectivity index (χ1) is 17.7. The van der Waals surface area contributed by atoms with Gasteiger partial charge in [-0.1, -0.05) is 37.3 Å². The first-order valence-electron chi connectivity index (χ1n) is 12.5. The number of amides is 5. The van der Waals surface area contributed by atoms with Gasteiger partial charge in [-0.05, 0) is 31.7 Å². The number of benzene rings is 1. The van der Waals surface area contributed by atoms with E-state index in [1.807, 2.05) is 0 Å². The number of aliphatic hydroxyl groups is 2. The molecule has 12 nitrogen and oxygen atoms in total. The van der Waals surface area contributed by atoms with Gasteiger partial charge in [-0.2, -0.15) is 0 Å². The van der Waals surface area contributed by atoms with Crippen LogP contribution in [0.3, 0.4) is 0 Å². The molecule has 5 amide bonds. The number of carbonyl (C=O) groups excluding carboxylic acids is 5. The Morgan fingerprint density at radius 3 is 2.27 bits per heavy atom. The van der Waals surface area contributed by atoms with E-state index in [2.05, 4.69) is 21.3 Å². The number of hydrogen-bond donors (Lipinski definition) is 6. The average Bonchev–Trinajstić information content (AvgIpc) is 3.37. The van der Waals surface area contributed by atoms with E-state index in [9.17, 15) is 34.2 Å². The van der Waals surface area contributed by atoms with Crippen LogP contribution in [0.5, 0.6) is 0 Å². The molecular weight excluding hydrogens is 482 g/mol. The summed E-state index contributed by atoms with van der Waals surface area (Å²) in [5.74, 6) is -3.17.